The van der Waals surface area contributed by atoms with Gasteiger partial charge in [0.15, 0.2) is 0 Å². The third kappa shape index (κ3) is 3.74. The van der Waals surface area contributed by atoms with Crippen molar-refractivity contribution in [3.63, 3.8) is 0 Å². The number of piperazine rings is 1. The van der Waals surface area contributed by atoms with E-state index in [9.17, 15) is 0 Å². The smallest absolute Gasteiger partial charge is 0.128 e. The van der Waals surface area contributed by atoms with E-state index in [-0.39, 0.29) is 0 Å². The summed E-state index contributed by atoms with van der Waals surface area (Å²) < 4.78 is 0. The first-order chi connectivity index (χ1) is 10.3. The molecule has 0 radical (unpaired) electrons. The molecule has 1 aliphatic carbocycles. The van der Waals surface area contributed by atoms with E-state index in [1.54, 1.807) is 0 Å². The Hall–Kier alpha value is -1.13. The summed E-state index contributed by atoms with van der Waals surface area (Å²) in [6, 6.07) is 5.70. The van der Waals surface area contributed by atoms with Crippen molar-refractivity contribution in [2.24, 2.45) is 0 Å². The molecule has 0 aromatic carbocycles. The van der Waals surface area contributed by atoms with Crippen LogP contribution in [0.3, 0.4) is 0 Å². The second-order valence-corrected chi connectivity index (χ2v) is 6.38. The molecule has 2 aliphatic rings. The molecule has 1 atom stereocenters. The number of rotatable bonds is 6. The van der Waals surface area contributed by atoms with Crippen LogP contribution in [0.25, 0.3) is 0 Å². The van der Waals surface area contributed by atoms with Crippen molar-refractivity contribution < 1.29 is 0 Å². The Morgan fingerprint density at radius 1 is 1.24 bits per heavy atom. The van der Waals surface area contributed by atoms with Crippen LogP contribution in [0, 0.1) is 0 Å². The molecule has 1 aliphatic heterocycles. The highest BCUT2D eigenvalue weighted by Gasteiger charge is 2.31. The predicted molar refractivity (Wildman–Crippen MR) is 87.8 cm³/mol. The number of hydrogen-bond donors (Lipinski definition) is 1. The molecule has 21 heavy (non-hydrogen) atoms. The highest BCUT2D eigenvalue weighted by molar-refractivity contribution is 5.40. The molecule has 1 saturated carbocycles. The molecule has 116 valence electrons. The summed E-state index contributed by atoms with van der Waals surface area (Å²) in [4.78, 5) is 9.75. The minimum Gasteiger partial charge on any atom is -0.354 e. The molecular weight excluding hydrogens is 260 g/mol. The lowest BCUT2D eigenvalue weighted by atomic mass is 10.1. The zero-order chi connectivity index (χ0) is 14.7. The summed E-state index contributed by atoms with van der Waals surface area (Å²) in [5.74, 6) is 1.14. The van der Waals surface area contributed by atoms with Gasteiger partial charge in [0.1, 0.15) is 5.82 Å². The lowest BCUT2D eigenvalue weighted by Crippen LogP contribution is -2.47. The molecule has 1 aromatic heterocycles. The first-order valence-corrected chi connectivity index (χ1v) is 8.46. The monoisotopic (exact) mass is 288 g/mol. The molecule has 1 aromatic rings. The lowest BCUT2D eigenvalue weighted by molar-refractivity contribution is 0.247. The van der Waals surface area contributed by atoms with Crippen molar-refractivity contribution in [1.82, 2.24) is 15.2 Å². The van der Waals surface area contributed by atoms with E-state index in [0.717, 1.165) is 31.5 Å². The molecule has 4 nitrogen and oxygen atoms in total. The summed E-state index contributed by atoms with van der Waals surface area (Å²) >= 11 is 0. The largest absolute Gasteiger partial charge is 0.354 e. The molecule has 2 heterocycles. The van der Waals surface area contributed by atoms with Crippen LogP contribution in [-0.4, -0.2) is 48.6 Å². The van der Waals surface area contributed by atoms with E-state index < -0.39 is 0 Å². The van der Waals surface area contributed by atoms with E-state index in [0.29, 0.717) is 6.04 Å². The lowest BCUT2D eigenvalue weighted by Gasteiger charge is -2.35. The predicted octanol–water partition coefficient (Wildman–Crippen LogP) is 2.43. The maximum Gasteiger partial charge on any atom is 0.128 e. The van der Waals surface area contributed by atoms with Gasteiger partial charge in [-0.05, 0) is 44.4 Å². The van der Waals surface area contributed by atoms with Crippen LogP contribution >= 0.6 is 0 Å². The summed E-state index contributed by atoms with van der Waals surface area (Å²) in [5.41, 5.74) is 1.28. The Kier molecular flexibility index (Phi) is 4.76. The van der Waals surface area contributed by atoms with Gasteiger partial charge in [-0.3, -0.25) is 4.90 Å². The van der Waals surface area contributed by atoms with Crippen LogP contribution in [0.2, 0.25) is 0 Å². The Labute approximate surface area is 128 Å². The maximum atomic E-state index is 4.68. The van der Waals surface area contributed by atoms with Crippen LogP contribution in [-0.2, 0) is 0 Å². The number of aromatic nitrogens is 1. The summed E-state index contributed by atoms with van der Waals surface area (Å²) in [7, 11) is 0. The van der Waals surface area contributed by atoms with Crippen LogP contribution in [0.4, 0.5) is 5.82 Å². The van der Waals surface area contributed by atoms with Gasteiger partial charge < -0.3 is 10.2 Å². The van der Waals surface area contributed by atoms with E-state index >= 15 is 0 Å². The van der Waals surface area contributed by atoms with Crippen LogP contribution in [0.15, 0.2) is 18.3 Å². The molecule has 1 saturated heterocycles. The van der Waals surface area contributed by atoms with Gasteiger partial charge in [0.25, 0.3) is 0 Å². The first-order valence-electron chi connectivity index (χ1n) is 8.46. The molecule has 0 bridgehead atoms. The van der Waals surface area contributed by atoms with Crippen LogP contribution in [0.1, 0.15) is 44.7 Å². The Bertz CT molecular complexity index is 433. The zero-order valence-corrected chi connectivity index (χ0v) is 13.4. The quantitative estimate of drug-likeness (QED) is 0.871. The minimum atomic E-state index is 0.387. The molecular formula is C17H28N4. The van der Waals surface area contributed by atoms with Crippen molar-refractivity contribution >= 4 is 5.82 Å². The van der Waals surface area contributed by atoms with E-state index in [2.05, 4.69) is 46.1 Å². The minimum absolute atomic E-state index is 0.387. The van der Waals surface area contributed by atoms with Gasteiger partial charge in [0.05, 0.1) is 0 Å². The number of pyridine rings is 1. The van der Waals surface area contributed by atoms with Crippen molar-refractivity contribution in [3.8, 4) is 0 Å². The number of anilines is 1. The van der Waals surface area contributed by atoms with Gasteiger partial charge in [-0.2, -0.15) is 0 Å². The van der Waals surface area contributed by atoms with Crippen molar-refractivity contribution in [3.05, 3.63) is 23.9 Å². The van der Waals surface area contributed by atoms with Gasteiger partial charge >= 0.3 is 0 Å². The van der Waals surface area contributed by atoms with Crippen LogP contribution in [0.5, 0.6) is 0 Å². The number of hydrogen-bond acceptors (Lipinski definition) is 4. The molecule has 1 N–H and O–H groups in total. The fourth-order valence-corrected chi connectivity index (χ4v) is 3.08. The van der Waals surface area contributed by atoms with E-state index in [4.69, 9.17) is 0 Å². The molecule has 3 rings (SSSR count). The average molecular weight is 288 g/mol. The third-order valence-electron chi connectivity index (χ3n) is 4.67. The van der Waals surface area contributed by atoms with Gasteiger partial charge in [-0.15, -0.1) is 0 Å². The fourth-order valence-electron chi connectivity index (χ4n) is 3.08. The molecule has 2 fully saturated rings. The van der Waals surface area contributed by atoms with Gasteiger partial charge in [-0.1, -0.05) is 13.0 Å². The Balaban J connectivity index is 1.54. The summed E-state index contributed by atoms with van der Waals surface area (Å²) in [6.07, 6.45) is 6.03. The van der Waals surface area contributed by atoms with Crippen molar-refractivity contribution in [2.45, 2.75) is 45.2 Å². The average Bonchev–Trinajstić information content (AvgIpc) is 3.38. The number of nitrogens with zero attached hydrogens (tertiary/aromatic N) is 3. The van der Waals surface area contributed by atoms with Crippen molar-refractivity contribution in [1.29, 1.82) is 0 Å². The highest BCUT2D eigenvalue weighted by Crippen LogP contribution is 2.28. The molecule has 0 amide bonds. The van der Waals surface area contributed by atoms with Crippen molar-refractivity contribution in [2.75, 3.05) is 37.6 Å². The molecule has 4 heteroatoms. The zero-order valence-electron chi connectivity index (χ0n) is 13.4. The Morgan fingerprint density at radius 2 is 2.00 bits per heavy atom. The molecule has 0 spiro atoms. The van der Waals surface area contributed by atoms with Gasteiger partial charge in [0.2, 0.25) is 0 Å². The first kappa shape index (κ1) is 14.8. The normalized spacial score (nSPS) is 21.5. The molecule has 1 unspecified atom stereocenters. The Morgan fingerprint density at radius 3 is 2.57 bits per heavy atom. The van der Waals surface area contributed by atoms with E-state index in [1.807, 2.05) is 6.20 Å². The van der Waals surface area contributed by atoms with E-state index in [1.165, 1.54) is 37.9 Å². The third-order valence-corrected chi connectivity index (χ3v) is 4.67. The standard InChI is InChI=1S/C17H28N4/c1-3-8-18-14(2)15-4-7-17(19-13-15)21-11-9-20(10-12-21)16-5-6-16/h4,7,13-14,16,18H,3,5-6,8-12H2,1-2H3. The second-order valence-electron chi connectivity index (χ2n) is 6.38. The highest BCUT2D eigenvalue weighted by atomic mass is 15.3. The van der Waals surface area contributed by atoms with Crippen LogP contribution < -0.4 is 10.2 Å². The van der Waals surface area contributed by atoms with Gasteiger partial charge in [-0.25, -0.2) is 4.98 Å². The maximum absolute atomic E-state index is 4.68. The second kappa shape index (κ2) is 6.75. The number of nitrogens with one attached hydrogen (secondary N) is 1. The van der Waals surface area contributed by atoms with Gasteiger partial charge in [0, 0.05) is 44.5 Å². The fraction of sp³-hybridized carbons (Fsp3) is 0.706. The SMILES string of the molecule is CCCNC(C)c1ccc(N2CCN(C3CC3)CC2)nc1. The topological polar surface area (TPSA) is 31.4 Å². The summed E-state index contributed by atoms with van der Waals surface area (Å²) in [6.45, 7) is 10.1. The summed E-state index contributed by atoms with van der Waals surface area (Å²) in [5, 5.41) is 3.51.